The summed E-state index contributed by atoms with van der Waals surface area (Å²) in [7, 11) is -1.79. The van der Waals surface area contributed by atoms with Gasteiger partial charge in [0.05, 0.1) is 6.26 Å². The van der Waals surface area contributed by atoms with E-state index in [0.717, 1.165) is 28.1 Å². The Hall–Kier alpha value is -2.20. The van der Waals surface area contributed by atoms with Gasteiger partial charge in [-0.2, -0.15) is 0 Å². The first-order valence-corrected chi connectivity index (χ1v) is 11.2. The lowest BCUT2D eigenvalue weighted by molar-refractivity contribution is 0.492. The molecule has 3 nitrogen and oxygen atoms in total. The summed E-state index contributed by atoms with van der Waals surface area (Å²) in [6.07, 6.45) is 1.71. The summed E-state index contributed by atoms with van der Waals surface area (Å²) < 4.78 is 11.7. The van der Waals surface area contributed by atoms with E-state index in [0.29, 0.717) is 0 Å². The minimum absolute atomic E-state index is 0.198. The van der Waals surface area contributed by atoms with Gasteiger partial charge < -0.3 is 14.2 Å². The van der Waals surface area contributed by atoms with Crippen LogP contribution in [0.5, 0.6) is 5.75 Å². The second-order valence-corrected chi connectivity index (χ2v) is 12.4. The van der Waals surface area contributed by atoms with E-state index in [1.54, 1.807) is 6.26 Å². The Morgan fingerprint density at radius 1 is 0.917 bits per heavy atom. The molecule has 0 aliphatic carbocycles. The number of hydrogen-bond acceptors (Lipinski definition) is 3. The first-order valence-electron chi connectivity index (χ1n) is 8.28. The van der Waals surface area contributed by atoms with Crippen molar-refractivity contribution in [1.29, 1.82) is 0 Å². The van der Waals surface area contributed by atoms with E-state index in [9.17, 15) is 0 Å². The van der Waals surface area contributed by atoms with Crippen LogP contribution in [0.4, 0.5) is 11.4 Å². The maximum Gasteiger partial charge on any atom is 0.250 e. The topological polar surface area (TPSA) is 34.4 Å². The average molecular weight is 340 g/mol. The van der Waals surface area contributed by atoms with E-state index in [4.69, 9.17) is 8.84 Å². The third-order valence-corrected chi connectivity index (χ3v) is 9.13. The van der Waals surface area contributed by atoms with Crippen molar-refractivity contribution in [2.24, 2.45) is 0 Å². The van der Waals surface area contributed by atoms with Crippen molar-refractivity contribution in [3.63, 3.8) is 0 Å². The second kappa shape index (κ2) is 6.02. The molecular weight excluding hydrogens is 314 g/mol. The Kier molecular flexibility index (Phi) is 4.18. The van der Waals surface area contributed by atoms with Gasteiger partial charge in [0, 0.05) is 16.8 Å². The Labute approximate surface area is 144 Å². The fraction of sp³-hybridized carbons (Fsp3) is 0.300. The largest absolute Gasteiger partial charge is 0.544 e. The van der Waals surface area contributed by atoms with Crippen molar-refractivity contribution < 1.29 is 8.84 Å². The predicted molar refractivity (Wildman–Crippen MR) is 104 cm³/mol. The van der Waals surface area contributed by atoms with Crippen LogP contribution in [-0.2, 0) is 0 Å². The molecule has 0 aliphatic heterocycles. The monoisotopic (exact) mass is 339 g/mol. The molecule has 0 spiro atoms. The Morgan fingerprint density at radius 2 is 1.58 bits per heavy atom. The molecule has 0 radical (unpaired) electrons. The smallest absolute Gasteiger partial charge is 0.250 e. The van der Waals surface area contributed by atoms with Gasteiger partial charge in [-0.1, -0.05) is 20.8 Å². The molecule has 2 aromatic carbocycles. The van der Waals surface area contributed by atoms with Crippen LogP contribution in [-0.4, -0.2) is 8.32 Å². The first kappa shape index (κ1) is 16.6. The highest BCUT2D eigenvalue weighted by atomic mass is 28.4. The molecule has 4 heteroatoms. The lowest BCUT2D eigenvalue weighted by Crippen LogP contribution is -2.43. The van der Waals surface area contributed by atoms with Gasteiger partial charge in [0.25, 0.3) is 0 Å². The van der Waals surface area contributed by atoms with Gasteiger partial charge in [0.1, 0.15) is 11.3 Å². The number of fused-ring (bicyclic) bond motifs is 1. The van der Waals surface area contributed by atoms with E-state index in [1.165, 1.54) is 0 Å². The van der Waals surface area contributed by atoms with E-state index in [1.807, 2.05) is 30.3 Å². The zero-order valence-electron chi connectivity index (χ0n) is 15.0. The standard InChI is InChI=1S/C20H25NO2Si/c1-20(2,3)24(4,5)23-18-9-6-16(7-10-18)21-17-8-11-19-15(14-17)12-13-22-19/h6-14,21H,1-5H3. The predicted octanol–water partition coefficient (Wildman–Crippen LogP) is 6.56. The van der Waals surface area contributed by atoms with Crippen molar-refractivity contribution in [1.82, 2.24) is 0 Å². The number of benzene rings is 2. The Morgan fingerprint density at radius 3 is 2.25 bits per heavy atom. The molecule has 3 aromatic rings. The van der Waals surface area contributed by atoms with E-state index in [-0.39, 0.29) is 5.04 Å². The number of nitrogens with one attached hydrogen (secondary N) is 1. The van der Waals surface area contributed by atoms with Gasteiger partial charge >= 0.3 is 0 Å². The van der Waals surface area contributed by atoms with E-state index in [2.05, 4.69) is 57.4 Å². The summed E-state index contributed by atoms with van der Waals surface area (Å²) in [6.45, 7) is 11.3. The molecule has 0 amide bonds. The van der Waals surface area contributed by atoms with Gasteiger partial charge in [-0.15, -0.1) is 0 Å². The molecule has 0 bridgehead atoms. The fourth-order valence-corrected chi connectivity index (χ4v) is 3.30. The molecule has 24 heavy (non-hydrogen) atoms. The molecule has 0 unspecified atom stereocenters. The highest BCUT2D eigenvalue weighted by Gasteiger charge is 2.38. The van der Waals surface area contributed by atoms with Crippen molar-refractivity contribution in [2.45, 2.75) is 38.9 Å². The molecule has 0 fully saturated rings. The number of anilines is 2. The fourth-order valence-electron chi connectivity index (χ4n) is 2.27. The number of rotatable bonds is 4. The lowest BCUT2D eigenvalue weighted by atomic mass is 10.2. The van der Waals surface area contributed by atoms with Gasteiger partial charge in [-0.3, -0.25) is 0 Å². The van der Waals surface area contributed by atoms with Crippen LogP contribution in [0.3, 0.4) is 0 Å². The highest BCUT2D eigenvalue weighted by Crippen LogP contribution is 2.37. The zero-order chi connectivity index (χ0) is 17.4. The van der Waals surface area contributed by atoms with Crippen LogP contribution in [0.1, 0.15) is 20.8 Å². The van der Waals surface area contributed by atoms with E-state index >= 15 is 0 Å². The van der Waals surface area contributed by atoms with E-state index < -0.39 is 8.32 Å². The van der Waals surface area contributed by atoms with Crippen molar-refractivity contribution in [2.75, 3.05) is 5.32 Å². The average Bonchev–Trinajstić information content (AvgIpc) is 2.95. The van der Waals surface area contributed by atoms with Gasteiger partial charge in [-0.05, 0) is 66.7 Å². The van der Waals surface area contributed by atoms with Crippen LogP contribution >= 0.6 is 0 Å². The number of hydrogen-bond donors (Lipinski definition) is 1. The van der Waals surface area contributed by atoms with Gasteiger partial charge in [0.15, 0.2) is 0 Å². The molecule has 0 saturated carbocycles. The van der Waals surface area contributed by atoms with Crippen LogP contribution in [0, 0.1) is 0 Å². The first-order chi connectivity index (χ1) is 11.2. The summed E-state index contributed by atoms with van der Waals surface area (Å²) in [6, 6.07) is 16.2. The SMILES string of the molecule is CC(C)(C)[Si](C)(C)Oc1ccc(Nc2ccc3occc3c2)cc1. The minimum Gasteiger partial charge on any atom is -0.544 e. The normalized spacial score (nSPS) is 12.4. The zero-order valence-corrected chi connectivity index (χ0v) is 16.0. The lowest BCUT2D eigenvalue weighted by Gasteiger charge is -2.36. The highest BCUT2D eigenvalue weighted by molar-refractivity contribution is 6.74. The Bertz CT molecular complexity index is 829. The van der Waals surface area contributed by atoms with Gasteiger partial charge in [-0.25, -0.2) is 0 Å². The van der Waals surface area contributed by atoms with Crippen LogP contribution in [0.15, 0.2) is 59.2 Å². The molecule has 0 aliphatic rings. The van der Waals surface area contributed by atoms with Crippen LogP contribution in [0.25, 0.3) is 11.0 Å². The molecule has 1 N–H and O–H groups in total. The third kappa shape index (κ3) is 3.49. The third-order valence-electron chi connectivity index (χ3n) is 4.77. The van der Waals surface area contributed by atoms with Crippen molar-refractivity contribution in [3.05, 3.63) is 54.8 Å². The summed E-state index contributed by atoms with van der Waals surface area (Å²) in [5, 5.41) is 4.71. The Balaban J connectivity index is 1.72. The van der Waals surface area contributed by atoms with Crippen molar-refractivity contribution >= 4 is 30.7 Å². The second-order valence-electron chi connectivity index (χ2n) is 7.68. The van der Waals surface area contributed by atoms with Crippen LogP contribution in [0.2, 0.25) is 18.1 Å². The number of furan rings is 1. The minimum atomic E-state index is -1.79. The maximum atomic E-state index is 6.32. The summed E-state index contributed by atoms with van der Waals surface area (Å²) in [5.74, 6) is 0.942. The molecular formula is C20H25NO2Si. The van der Waals surface area contributed by atoms with Crippen LogP contribution < -0.4 is 9.74 Å². The summed E-state index contributed by atoms with van der Waals surface area (Å²) in [5.41, 5.74) is 2.99. The molecule has 3 rings (SSSR count). The maximum absolute atomic E-state index is 6.32. The molecule has 0 saturated heterocycles. The summed E-state index contributed by atoms with van der Waals surface area (Å²) in [4.78, 5) is 0. The molecule has 126 valence electrons. The quantitative estimate of drug-likeness (QED) is 0.546. The van der Waals surface area contributed by atoms with Gasteiger partial charge in [0.2, 0.25) is 8.32 Å². The molecule has 1 heterocycles. The molecule has 1 aromatic heterocycles. The molecule has 0 atom stereocenters. The summed E-state index contributed by atoms with van der Waals surface area (Å²) >= 11 is 0. The van der Waals surface area contributed by atoms with Crippen molar-refractivity contribution in [3.8, 4) is 5.75 Å².